The van der Waals surface area contributed by atoms with Crippen molar-refractivity contribution in [2.75, 3.05) is 13.6 Å². The summed E-state index contributed by atoms with van der Waals surface area (Å²) in [5.74, 6) is -0.243. The van der Waals surface area contributed by atoms with E-state index in [1.165, 1.54) is 10.9 Å². The van der Waals surface area contributed by atoms with E-state index in [4.69, 9.17) is 0 Å². The summed E-state index contributed by atoms with van der Waals surface area (Å²) in [6, 6.07) is 0.145. The molecule has 2 N–H and O–H groups in total. The summed E-state index contributed by atoms with van der Waals surface area (Å²) in [5.41, 5.74) is -1.12. The van der Waals surface area contributed by atoms with Gasteiger partial charge in [-0.3, -0.25) is 19.6 Å². The predicted molar refractivity (Wildman–Crippen MR) is 77.0 cm³/mol. The molecular weight excluding hydrogens is 286 g/mol. The summed E-state index contributed by atoms with van der Waals surface area (Å²) in [6.45, 7) is 5.72. The zero-order chi connectivity index (χ0) is 14.6. The van der Waals surface area contributed by atoms with E-state index in [0.717, 1.165) is 6.20 Å². The Labute approximate surface area is 123 Å². The van der Waals surface area contributed by atoms with Crippen LogP contribution in [0.5, 0.6) is 0 Å². The molecule has 1 aromatic heterocycles. The maximum Gasteiger partial charge on any atom is 0.307 e. The lowest BCUT2D eigenvalue weighted by Gasteiger charge is -2.24. The number of nitro groups is 1. The Balaban J connectivity index is 0.00000361. The van der Waals surface area contributed by atoms with Gasteiger partial charge >= 0.3 is 5.69 Å². The monoisotopic (exact) mass is 305 g/mol. The summed E-state index contributed by atoms with van der Waals surface area (Å²) < 4.78 is 1.30. The number of nitrogens with zero attached hydrogens (tertiary/aromatic N) is 3. The molecule has 0 fully saturated rings. The fourth-order valence-corrected chi connectivity index (χ4v) is 1.38. The van der Waals surface area contributed by atoms with Crippen LogP contribution in [0.25, 0.3) is 0 Å². The topological polar surface area (TPSA) is 102 Å². The molecule has 0 bridgehead atoms. The number of amides is 1. The molecule has 1 aromatic rings. The van der Waals surface area contributed by atoms with Gasteiger partial charge in [0.2, 0.25) is 5.91 Å². The molecule has 8 nitrogen and oxygen atoms in total. The van der Waals surface area contributed by atoms with Gasteiger partial charge in [-0.2, -0.15) is 5.10 Å². The van der Waals surface area contributed by atoms with Crippen LogP contribution in [-0.4, -0.2) is 40.2 Å². The summed E-state index contributed by atoms with van der Waals surface area (Å²) >= 11 is 0. The molecule has 1 atom stereocenters. The number of rotatable bonds is 6. The maximum absolute atomic E-state index is 12.1. The lowest BCUT2D eigenvalue weighted by Crippen LogP contribution is -2.48. The van der Waals surface area contributed by atoms with Crippen molar-refractivity contribution in [1.82, 2.24) is 20.4 Å². The average molecular weight is 306 g/mol. The molecule has 1 heterocycles. The van der Waals surface area contributed by atoms with E-state index in [0.29, 0.717) is 6.54 Å². The third kappa shape index (κ3) is 4.17. The maximum atomic E-state index is 12.1. The average Bonchev–Trinajstić information content (AvgIpc) is 2.85. The van der Waals surface area contributed by atoms with Crippen molar-refractivity contribution in [3.05, 3.63) is 22.5 Å². The Kier molecular flexibility index (Phi) is 6.60. The fourth-order valence-electron chi connectivity index (χ4n) is 1.38. The Morgan fingerprint density at radius 3 is 2.65 bits per heavy atom. The quantitative estimate of drug-likeness (QED) is 0.594. The third-order valence-electron chi connectivity index (χ3n) is 2.97. The molecule has 0 spiro atoms. The number of carbonyl (C=O) groups is 1. The Morgan fingerprint density at radius 1 is 1.60 bits per heavy atom. The van der Waals surface area contributed by atoms with Crippen molar-refractivity contribution in [3.8, 4) is 0 Å². The minimum atomic E-state index is -0.984. The molecule has 1 unspecified atom stereocenters. The normalized spacial score (nSPS) is 12.4. The van der Waals surface area contributed by atoms with Gasteiger partial charge in [0.25, 0.3) is 0 Å². The standard InChI is InChI=1S/C11H19N5O3.ClH/c1-8(12-4)5-13-10(17)11(2,3)15-7-9(6-14-15)16(18)19;/h6-8,12H,5H2,1-4H3,(H,13,17);1H. The number of likely N-dealkylation sites (N-methyl/N-ethyl adjacent to an activating group) is 1. The first-order valence-corrected chi connectivity index (χ1v) is 5.94. The number of carbonyl (C=O) groups excluding carboxylic acids is 1. The zero-order valence-electron chi connectivity index (χ0n) is 11.9. The molecule has 0 aliphatic rings. The summed E-state index contributed by atoms with van der Waals surface area (Å²) in [5, 5.41) is 20.3. The highest BCUT2D eigenvalue weighted by Crippen LogP contribution is 2.18. The van der Waals surface area contributed by atoms with Crippen LogP contribution >= 0.6 is 12.4 Å². The second-order valence-electron chi connectivity index (χ2n) is 4.86. The molecule has 0 saturated carbocycles. The molecular formula is C11H20ClN5O3. The highest BCUT2D eigenvalue weighted by atomic mass is 35.5. The Bertz CT molecular complexity index is 474. The van der Waals surface area contributed by atoms with E-state index in [2.05, 4.69) is 15.7 Å². The van der Waals surface area contributed by atoms with Gasteiger partial charge in [-0.1, -0.05) is 0 Å². The van der Waals surface area contributed by atoms with Crippen LogP contribution in [0.1, 0.15) is 20.8 Å². The number of nitrogens with one attached hydrogen (secondary N) is 2. The fraction of sp³-hybridized carbons (Fsp3) is 0.636. The molecule has 1 amide bonds. The van der Waals surface area contributed by atoms with Crippen molar-refractivity contribution < 1.29 is 9.72 Å². The van der Waals surface area contributed by atoms with Gasteiger partial charge in [-0.15, -0.1) is 12.4 Å². The Hall–Kier alpha value is -1.67. The number of aromatic nitrogens is 2. The first kappa shape index (κ1) is 18.3. The third-order valence-corrected chi connectivity index (χ3v) is 2.97. The number of hydrogen-bond donors (Lipinski definition) is 2. The van der Waals surface area contributed by atoms with Gasteiger partial charge in [0.15, 0.2) is 0 Å². The van der Waals surface area contributed by atoms with Crippen LogP contribution in [0.2, 0.25) is 0 Å². The van der Waals surface area contributed by atoms with Crippen molar-refractivity contribution in [2.24, 2.45) is 0 Å². The van der Waals surface area contributed by atoms with E-state index in [1.54, 1.807) is 20.9 Å². The first-order valence-electron chi connectivity index (χ1n) is 5.94. The van der Waals surface area contributed by atoms with Crippen molar-refractivity contribution in [2.45, 2.75) is 32.4 Å². The number of halogens is 1. The van der Waals surface area contributed by atoms with Crippen LogP contribution < -0.4 is 10.6 Å². The van der Waals surface area contributed by atoms with Gasteiger partial charge in [0.1, 0.15) is 17.9 Å². The molecule has 0 radical (unpaired) electrons. The van der Waals surface area contributed by atoms with E-state index in [-0.39, 0.29) is 30.0 Å². The SMILES string of the molecule is CNC(C)CNC(=O)C(C)(C)n1cc([N+](=O)[O-])cn1.Cl. The van der Waals surface area contributed by atoms with Gasteiger partial charge in [0.05, 0.1) is 4.92 Å². The molecule has 20 heavy (non-hydrogen) atoms. The second kappa shape index (κ2) is 7.20. The van der Waals surface area contributed by atoms with E-state index in [1.807, 2.05) is 6.92 Å². The smallest absolute Gasteiger partial charge is 0.307 e. The molecule has 9 heteroatoms. The van der Waals surface area contributed by atoms with Gasteiger partial charge in [-0.05, 0) is 27.8 Å². The van der Waals surface area contributed by atoms with E-state index in [9.17, 15) is 14.9 Å². The van der Waals surface area contributed by atoms with Crippen LogP contribution in [0.4, 0.5) is 5.69 Å². The molecule has 0 aliphatic carbocycles. The summed E-state index contributed by atoms with van der Waals surface area (Å²) in [4.78, 5) is 22.2. The Morgan fingerprint density at radius 2 is 2.20 bits per heavy atom. The minimum absolute atomic E-state index is 0. The van der Waals surface area contributed by atoms with Gasteiger partial charge in [-0.25, -0.2) is 0 Å². The van der Waals surface area contributed by atoms with Crippen LogP contribution in [0, 0.1) is 10.1 Å². The van der Waals surface area contributed by atoms with Crippen LogP contribution in [0.15, 0.2) is 12.4 Å². The molecule has 1 rings (SSSR count). The molecule has 0 aromatic carbocycles. The lowest BCUT2D eigenvalue weighted by molar-refractivity contribution is -0.385. The number of hydrogen-bond acceptors (Lipinski definition) is 5. The second-order valence-corrected chi connectivity index (χ2v) is 4.86. The lowest BCUT2D eigenvalue weighted by atomic mass is 10.1. The highest BCUT2D eigenvalue weighted by molar-refractivity contribution is 5.85. The van der Waals surface area contributed by atoms with Crippen molar-refractivity contribution in [1.29, 1.82) is 0 Å². The highest BCUT2D eigenvalue weighted by Gasteiger charge is 2.31. The molecule has 114 valence electrons. The minimum Gasteiger partial charge on any atom is -0.352 e. The predicted octanol–water partition coefficient (Wildman–Crippen LogP) is 0.672. The van der Waals surface area contributed by atoms with Crippen LogP contribution in [0.3, 0.4) is 0 Å². The summed E-state index contributed by atoms with van der Waals surface area (Å²) in [7, 11) is 1.80. The van der Waals surface area contributed by atoms with Gasteiger partial charge < -0.3 is 10.6 Å². The summed E-state index contributed by atoms with van der Waals surface area (Å²) in [6.07, 6.45) is 2.38. The van der Waals surface area contributed by atoms with Gasteiger partial charge in [0, 0.05) is 12.6 Å². The van der Waals surface area contributed by atoms with Crippen LogP contribution in [-0.2, 0) is 10.3 Å². The largest absolute Gasteiger partial charge is 0.352 e. The first-order chi connectivity index (χ1) is 8.78. The molecule has 0 aliphatic heterocycles. The van der Waals surface area contributed by atoms with Crippen molar-refractivity contribution in [3.63, 3.8) is 0 Å². The molecule has 0 saturated heterocycles. The zero-order valence-corrected chi connectivity index (χ0v) is 12.7. The van der Waals surface area contributed by atoms with Crippen molar-refractivity contribution >= 4 is 24.0 Å². The van der Waals surface area contributed by atoms with E-state index < -0.39 is 10.5 Å². The van der Waals surface area contributed by atoms with E-state index >= 15 is 0 Å².